The predicted molar refractivity (Wildman–Crippen MR) is 76.4 cm³/mol. The van der Waals surface area contributed by atoms with Crippen LogP contribution in [-0.2, 0) is 0 Å². The first-order valence-electron chi connectivity index (χ1n) is 5.33. The zero-order valence-corrected chi connectivity index (χ0v) is 10.9. The Morgan fingerprint density at radius 3 is 2.22 bits per heavy atom. The number of aromatic amines is 1. The number of halogens is 2. The molecule has 92 valence electrons. The number of H-pyrrole nitrogens is 1. The fourth-order valence-corrected chi connectivity index (χ4v) is 1.88. The van der Waals surface area contributed by atoms with E-state index >= 15 is 0 Å². The Hall–Kier alpha value is -1.64. The van der Waals surface area contributed by atoms with E-state index in [4.69, 9.17) is 28.3 Å². The first-order valence-corrected chi connectivity index (χ1v) is 6.08. The van der Waals surface area contributed by atoms with E-state index in [0.29, 0.717) is 10.9 Å². The van der Waals surface area contributed by atoms with Crippen LogP contribution in [-0.4, -0.2) is 10.1 Å². The maximum atomic E-state index is 8.63. The van der Waals surface area contributed by atoms with Gasteiger partial charge in [-0.05, 0) is 30.3 Å². The van der Waals surface area contributed by atoms with Gasteiger partial charge in [0.25, 0.3) is 0 Å². The average molecular weight is 280 g/mol. The van der Waals surface area contributed by atoms with Crippen LogP contribution in [0.15, 0.2) is 54.6 Å². The number of hydrogen-bond donors (Lipinski definition) is 2. The molecule has 4 heteroatoms. The van der Waals surface area contributed by atoms with E-state index in [1.165, 1.54) is 0 Å². The molecule has 0 saturated carbocycles. The van der Waals surface area contributed by atoms with Gasteiger partial charge in [0, 0.05) is 15.9 Å². The third kappa shape index (κ3) is 3.42. The van der Waals surface area contributed by atoms with Gasteiger partial charge < -0.3 is 10.1 Å². The number of nitrogens with one attached hydrogen (secondary N) is 1. The fourth-order valence-electron chi connectivity index (χ4n) is 1.49. The predicted octanol–water partition coefficient (Wildman–Crippen LogP) is 4.87. The largest absolute Gasteiger partial charge is 0.508 e. The first kappa shape index (κ1) is 12.8. The van der Waals surface area contributed by atoms with Gasteiger partial charge in [0.1, 0.15) is 10.9 Å². The van der Waals surface area contributed by atoms with Crippen LogP contribution < -0.4 is 0 Å². The number of aromatic hydroxyl groups is 1. The second-order valence-corrected chi connectivity index (χ2v) is 4.53. The normalized spacial score (nSPS) is 9.89. The summed E-state index contributed by atoms with van der Waals surface area (Å²) in [5.74, 6) is 0.322. The Morgan fingerprint density at radius 2 is 1.61 bits per heavy atom. The van der Waals surface area contributed by atoms with E-state index in [9.17, 15) is 0 Å². The van der Waals surface area contributed by atoms with Gasteiger partial charge in [0.15, 0.2) is 0 Å². The van der Waals surface area contributed by atoms with Crippen LogP contribution in [0.3, 0.4) is 0 Å². The molecule has 1 heterocycles. The number of rotatable bonds is 0. The molecule has 0 amide bonds. The monoisotopic (exact) mass is 279 g/mol. The lowest BCUT2D eigenvalue weighted by Gasteiger charge is -1.88. The minimum atomic E-state index is 0.322. The Bertz CT molecular complexity index is 635. The molecule has 2 aromatic carbocycles. The van der Waals surface area contributed by atoms with Crippen molar-refractivity contribution in [3.05, 3.63) is 64.8 Å². The van der Waals surface area contributed by atoms with Gasteiger partial charge in [-0.2, -0.15) is 0 Å². The van der Waals surface area contributed by atoms with Crippen molar-refractivity contribution in [1.29, 1.82) is 0 Å². The molecule has 1 aromatic heterocycles. The Kier molecular flexibility index (Phi) is 4.13. The molecule has 18 heavy (non-hydrogen) atoms. The van der Waals surface area contributed by atoms with E-state index in [0.717, 1.165) is 15.9 Å². The molecule has 0 saturated heterocycles. The number of aromatic nitrogens is 1. The van der Waals surface area contributed by atoms with E-state index < -0.39 is 0 Å². The van der Waals surface area contributed by atoms with Gasteiger partial charge in [0.2, 0.25) is 0 Å². The summed E-state index contributed by atoms with van der Waals surface area (Å²) in [6.07, 6.45) is 0. The second kappa shape index (κ2) is 5.80. The van der Waals surface area contributed by atoms with Crippen LogP contribution >= 0.6 is 23.2 Å². The SMILES string of the molecule is Clc1ccc2cc(Cl)[nH]c2c1.Oc1ccccc1. The van der Waals surface area contributed by atoms with Gasteiger partial charge in [-0.15, -0.1) is 0 Å². The van der Waals surface area contributed by atoms with Crippen molar-refractivity contribution in [3.63, 3.8) is 0 Å². The first-order chi connectivity index (χ1) is 8.65. The summed E-state index contributed by atoms with van der Waals surface area (Å²) in [5.41, 5.74) is 0.975. The van der Waals surface area contributed by atoms with Crippen LogP contribution in [0, 0.1) is 0 Å². The molecule has 2 N–H and O–H groups in total. The third-order valence-corrected chi connectivity index (χ3v) is 2.75. The highest BCUT2D eigenvalue weighted by Crippen LogP contribution is 2.21. The maximum absolute atomic E-state index is 8.63. The van der Waals surface area contributed by atoms with Crippen molar-refractivity contribution in [2.24, 2.45) is 0 Å². The van der Waals surface area contributed by atoms with E-state index in [-0.39, 0.29) is 0 Å². The molecular weight excluding hydrogens is 269 g/mol. The quantitative estimate of drug-likeness (QED) is 0.605. The maximum Gasteiger partial charge on any atom is 0.115 e. The van der Waals surface area contributed by atoms with E-state index in [1.807, 2.05) is 30.3 Å². The Labute approximate surface area is 115 Å². The van der Waals surface area contributed by atoms with Crippen molar-refractivity contribution in [1.82, 2.24) is 4.98 Å². The summed E-state index contributed by atoms with van der Waals surface area (Å²) >= 11 is 11.5. The number of phenolic OH excluding ortho intramolecular Hbond substituents is 1. The number of benzene rings is 2. The highest BCUT2D eigenvalue weighted by Gasteiger charge is 1.97. The molecule has 0 aliphatic rings. The molecule has 0 atom stereocenters. The average Bonchev–Trinajstić information content (AvgIpc) is 2.70. The number of hydrogen-bond acceptors (Lipinski definition) is 1. The van der Waals surface area contributed by atoms with Crippen molar-refractivity contribution in [3.8, 4) is 5.75 Å². The van der Waals surface area contributed by atoms with E-state index in [2.05, 4.69) is 4.98 Å². The molecule has 0 unspecified atom stereocenters. The molecule has 3 aromatic rings. The molecule has 3 rings (SSSR count). The third-order valence-electron chi connectivity index (χ3n) is 2.31. The van der Waals surface area contributed by atoms with Gasteiger partial charge in [-0.1, -0.05) is 47.5 Å². The lowest BCUT2D eigenvalue weighted by Crippen LogP contribution is -1.66. The summed E-state index contributed by atoms with van der Waals surface area (Å²) in [6.45, 7) is 0. The van der Waals surface area contributed by atoms with Gasteiger partial charge >= 0.3 is 0 Å². The highest BCUT2D eigenvalue weighted by molar-refractivity contribution is 6.32. The zero-order valence-electron chi connectivity index (χ0n) is 9.40. The topological polar surface area (TPSA) is 36.0 Å². The smallest absolute Gasteiger partial charge is 0.115 e. The minimum absolute atomic E-state index is 0.322. The number of fused-ring (bicyclic) bond motifs is 1. The van der Waals surface area contributed by atoms with Crippen LogP contribution in [0.25, 0.3) is 10.9 Å². The summed E-state index contributed by atoms with van der Waals surface area (Å²) in [4.78, 5) is 2.98. The van der Waals surface area contributed by atoms with Crippen LogP contribution in [0.2, 0.25) is 10.2 Å². The minimum Gasteiger partial charge on any atom is -0.508 e. The van der Waals surface area contributed by atoms with Gasteiger partial charge in [-0.3, -0.25) is 0 Å². The summed E-state index contributed by atoms with van der Waals surface area (Å²) in [7, 11) is 0. The van der Waals surface area contributed by atoms with Crippen LogP contribution in [0.5, 0.6) is 5.75 Å². The fraction of sp³-hybridized carbons (Fsp3) is 0. The van der Waals surface area contributed by atoms with Crippen LogP contribution in [0.1, 0.15) is 0 Å². The summed E-state index contributed by atoms with van der Waals surface area (Å²) in [5, 5.41) is 11.1. The van der Waals surface area contributed by atoms with Crippen molar-refractivity contribution in [2.45, 2.75) is 0 Å². The van der Waals surface area contributed by atoms with Gasteiger partial charge in [0.05, 0.1) is 0 Å². The number of para-hydroxylation sites is 1. The molecule has 0 radical (unpaired) electrons. The standard InChI is InChI=1S/C8H5Cl2N.C6H6O/c9-6-2-1-5-3-8(10)11-7(5)4-6;7-6-4-2-1-3-5-6/h1-4,11H;1-5,7H. The van der Waals surface area contributed by atoms with Gasteiger partial charge in [-0.25, -0.2) is 0 Å². The highest BCUT2D eigenvalue weighted by atomic mass is 35.5. The van der Waals surface area contributed by atoms with Crippen molar-refractivity contribution >= 4 is 34.1 Å². The molecule has 0 aliphatic heterocycles. The van der Waals surface area contributed by atoms with Crippen LogP contribution in [0.4, 0.5) is 0 Å². The lowest BCUT2D eigenvalue weighted by atomic mass is 10.2. The molecule has 0 fully saturated rings. The molecule has 0 bridgehead atoms. The molecule has 2 nitrogen and oxygen atoms in total. The lowest BCUT2D eigenvalue weighted by molar-refractivity contribution is 0.475. The van der Waals surface area contributed by atoms with Crippen molar-refractivity contribution in [2.75, 3.05) is 0 Å². The zero-order chi connectivity index (χ0) is 13.0. The Morgan fingerprint density at radius 1 is 0.889 bits per heavy atom. The molecule has 0 spiro atoms. The second-order valence-electron chi connectivity index (χ2n) is 3.68. The number of phenols is 1. The Balaban J connectivity index is 0.000000149. The van der Waals surface area contributed by atoms with E-state index in [1.54, 1.807) is 24.3 Å². The molecular formula is C14H11Cl2NO. The van der Waals surface area contributed by atoms with Crippen molar-refractivity contribution < 1.29 is 5.11 Å². The summed E-state index contributed by atoms with van der Waals surface area (Å²) < 4.78 is 0. The molecule has 0 aliphatic carbocycles. The summed E-state index contributed by atoms with van der Waals surface area (Å²) in [6, 6.07) is 16.2.